The maximum atomic E-state index is 2.75. The SMILES string of the molecule is CC1=C2C=CC=C3C1CC(C)(C(C)C1=Cc4ccccc4C(C)C2CC1)C1CCCC2=C(C=CC=CC2)c2csc4c2c1c1n3c2ccccc2n41. The van der Waals surface area contributed by atoms with Gasteiger partial charge in [0.1, 0.15) is 10.5 Å². The van der Waals surface area contributed by atoms with Crippen molar-refractivity contribution in [2.45, 2.75) is 84.5 Å². The summed E-state index contributed by atoms with van der Waals surface area (Å²) in [6.45, 7) is 10.4. The second-order valence-electron chi connectivity index (χ2n) is 17.0. The summed E-state index contributed by atoms with van der Waals surface area (Å²) in [7, 11) is 0. The van der Waals surface area contributed by atoms with Crippen LogP contribution in [-0.2, 0) is 0 Å². The van der Waals surface area contributed by atoms with Gasteiger partial charge in [-0.05, 0) is 121 Å². The Morgan fingerprint density at radius 2 is 1.75 bits per heavy atom. The van der Waals surface area contributed by atoms with Crippen LogP contribution in [0.25, 0.3) is 44.2 Å². The number of aromatic nitrogens is 2. The highest BCUT2D eigenvalue weighted by molar-refractivity contribution is 7.17. The molecular formula is C49H48N2S. The molecule has 6 unspecified atom stereocenters. The first kappa shape index (κ1) is 31.2. The summed E-state index contributed by atoms with van der Waals surface area (Å²) in [5.74, 6) is 2.13. The van der Waals surface area contributed by atoms with Crippen molar-refractivity contribution in [3.05, 3.63) is 141 Å². The molecule has 5 aromatic rings. The molecule has 6 atom stereocenters. The molecule has 0 saturated heterocycles. The average Bonchev–Trinajstić information content (AvgIpc) is 3.71. The Kier molecular flexibility index (Phi) is 6.80. The fourth-order valence-electron chi connectivity index (χ4n) is 12.0. The lowest BCUT2D eigenvalue weighted by Gasteiger charge is -2.49. The fourth-order valence-corrected chi connectivity index (χ4v) is 13.1. The zero-order valence-corrected chi connectivity index (χ0v) is 31.8. The fraction of sp³-hybridized carbons (Fsp3) is 0.347. The van der Waals surface area contributed by atoms with E-state index in [0.717, 1.165) is 12.8 Å². The minimum Gasteiger partial charge on any atom is -0.297 e. The summed E-state index contributed by atoms with van der Waals surface area (Å²) in [5.41, 5.74) is 19.6. The number of hydrogen-bond acceptors (Lipinski definition) is 1. The number of rotatable bonds is 0. The average molecular weight is 697 g/mol. The van der Waals surface area contributed by atoms with Gasteiger partial charge in [0.2, 0.25) is 0 Å². The van der Waals surface area contributed by atoms with Crippen molar-refractivity contribution in [3.8, 4) is 0 Å². The summed E-state index contributed by atoms with van der Waals surface area (Å²) < 4.78 is 5.44. The highest BCUT2D eigenvalue weighted by Crippen LogP contribution is 2.62. The number of hydrogen-bond donors (Lipinski definition) is 0. The Hall–Kier alpha value is -4.34. The van der Waals surface area contributed by atoms with E-state index in [0.29, 0.717) is 29.6 Å². The van der Waals surface area contributed by atoms with Gasteiger partial charge in [-0.1, -0.05) is 116 Å². The first-order valence-corrected chi connectivity index (χ1v) is 20.8. The van der Waals surface area contributed by atoms with E-state index in [4.69, 9.17) is 0 Å². The van der Waals surface area contributed by atoms with Crippen molar-refractivity contribution in [2.75, 3.05) is 0 Å². The Balaban J connectivity index is 1.31. The van der Waals surface area contributed by atoms with E-state index in [-0.39, 0.29) is 5.41 Å². The van der Waals surface area contributed by atoms with E-state index in [1.807, 2.05) is 11.3 Å². The van der Waals surface area contributed by atoms with Crippen LogP contribution in [-0.4, -0.2) is 8.97 Å². The van der Waals surface area contributed by atoms with Gasteiger partial charge in [-0.2, -0.15) is 0 Å². The molecule has 2 aromatic carbocycles. The third kappa shape index (κ3) is 4.12. The molecule has 0 saturated carbocycles. The van der Waals surface area contributed by atoms with Gasteiger partial charge in [-0.3, -0.25) is 8.97 Å². The Morgan fingerprint density at radius 1 is 0.904 bits per heavy atom. The molecule has 6 aliphatic rings. The Bertz CT molecular complexity index is 2580. The van der Waals surface area contributed by atoms with Crippen LogP contribution in [0.5, 0.6) is 0 Å². The van der Waals surface area contributed by atoms with E-state index in [1.54, 1.807) is 27.9 Å². The highest BCUT2D eigenvalue weighted by Gasteiger charge is 2.49. The van der Waals surface area contributed by atoms with E-state index >= 15 is 0 Å². The van der Waals surface area contributed by atoms with Crippen molar-refractivity contribution in [1.82, 2.24) is 8.97 Å². The van der Waals surface area contributed by atoms with Crippen LogP contribution < -0.4 is 0 Å². The second-order valence-corrected chi connectivity index (χ2v) is 17.9. The molecule has 3 aromatic heterocycles. The van der Waals surface area contributed by atoms with Crippen molar-refractivity contribution in [3.63, 3.8) is 0 Å². The van der Waals surface area contributed by atoms with Gasteiger partial charge in [-0.15, -0.1) is 11.3 Å². The number of imidazole rings is 1. The second kappa shape index (κ2) is 11.3. The molecule has 1 aliphatic heterocycles. The molecule has 260 valence electrons. The summed E-state index contributed by atoms with van der Waals surface area (Å²) in [6.07, 6.45) is 27.7. The van der Waals surface area contributed by atoms with Crippen LogP contribution in [0.1, 0.15) is 107 Å². The molecule has 0 spiro atoms. The maximum absolute atomic E-state index is 2.75. The molecular weight excluding hydrogens is 649 g/mol. The van der Waals surface area contributed by atoms with Crippen molar-refractivity contribution < 1.29 is 0 Å². The third-order valence-electron chi connectivity index (χ3n) is 14.8. The van der Waals surface area contributed by atoms with Gasteiger partial charge < -0.3 is 0 Å². The predicted molar refractivity (Wildman–Crippen MR) is 222 cm³/mol. The molecule has 3 heteroatoms. The van der Waals surface area contributed by atoms with Crippen LogP contribution in [0.2, 0.25) is 0 Å². The summed E-state index contributed by atoms with van der Waals surface area (Å²) in [4.78, 5) is 1.42. The van der Waals surface area contributed by atoms with E-state index in [9.17, 15) is 0 Å². The van der Waals surface area contributed by atoms with Crippen LogP contribution >= 0.6 is 11.3 Å². The molecule has 5 aliphatic carbocycles. The molecule has 0 radical (unpaired) electrons. The van der Waals surface area contributed by atoms with Crippen LogP contribution in [0.4, 0.5) is 0 Å². The molecule has 5 bridgehead atoms. The Morgan fingerprint density at radius 3 is 2.65 bits per heavy atom. The zero-order valence-electron chi connectivity index (χ0n) is 31.0. The van der Waals surface area contributed by atoms with Crippen LogP contribution in [0.3, 0.4) is 0 Å². The number of allylic oxidation sites excluding steroid dienone is 13. The topological polar surface area (TPSA) is 9.34 Å². The molecule has 11 rings (SSSR count). The normalized spacial score (nSPS) is 29.5. The first-order chi connectivity index (χ1) is 25.4. The van der Waals surface area contributed by atoms with Gasteiger partial charge in [0.15, 0.2) is 0 Å². The first-order valence-electron chi connectivity index (χ1n) is 19.9. The number of para-hydroxylation sites is 2. The summed E-state index contributed by atoms with van der Waals surface area (Å²) in [5, 5.41) is 4.04. The van der Waals surface area contributed by atoms with Gasteiger partial charge in [0.25, 0.3) is 0 Å². The van der Waals surface area contributed by atoms with E-state index < -0.39 is 0 Å². The van der Waals surface area contributed by atoms with Crippen molar-refractivity contribution in [2.24, 2.45) is 23.2 Å². The molecule has 52 heavy (non-hydrogen) atoms. The number of thiophene rings is 1. The largest absolute Gasteiger partial charge is 0.297 e. The molecule has 4 heterocycles. The van der Waals surface area contributed by atoms with Gasteiger partial charge in [-0.25, -0.2) is 0 Å². The number of nitrogens with zero attached hydrogens (tertiary/aromatic N) is 2. The standard InChI is InChI=1S/C49H48N2S/c1-29-35-17-9-8-15-34(35)26-33-24-25-37(29)36-19-13-23-42-39(30(36)2)27-49(4,31(33)3)41-20-12-16-32-14-6-5-7-18-38(32)40-28-52-48-45(40)46(41)47-50(42)43-21-10-11-22-44(43)51(47)48/h5-11,13,15,17-19,21-23,26,28-29,31,37,39,41H,12,14,16,20,24-25,27H2,1-4H3. The molecule has 0 fully saturated rings. The van der Waals surface area contributed by atoms with Gasteiger partial charge >= 0.3 is 0 Å². The van der Waals surface area contributed by atoms with Gasteiger partial charge in [0, 0.05) is 33.5 Å². The van der Waals surface area contributed by atoms with Crippen LogP contribution in [0.15, 0.2) is 119 Å². The molecule has 0 N–H and O–H groups in total. The smallest absolute Gasteiger partial charge is 0.127 e. The van der Waals surface area contributed by atoms with Crippen molar-refractivity contribution in [1.29, 1.82) is 0 Å². The van der Waals surface area contributed by atoms with Gasteiger partial charge in [0.05, 0.1) is 11.0 Å². The maximum Gasteiger partial charge on any atom is 0.127 e. The predicted octanol–water partition coefficient (Wildman–Crippen LogP) is 13.6. The number of benzene rings is 2. The number of fused-ring (bicyclic) bond motifs is 13. The quantitative estimate of drug-likeness (QED) is 0.152. The minimum atomic E-state index is 0.0338. The lowest BCUT2D eigenvalue weighted by molar-refractivity contribution is 0.135. The van der Waals surface area contributed by atoms with E-state index in [1.165, 1.54) is 87.0 Å². The highest BCUT2D eigenvalue weighted by atomic mass is 32.1. The zero-order chi connectivity index (χ0) is 34.9. The third-order valence-corrected chi connectivity index (χ3v) is 15.8. The van der Waals surface area contributed by atoms with Crippen LogP contribution in [0, 0.1) is 23.2 Å². The lowest BCUT2D eigenvalue weighted by Crippen LogP contribution is -2.39. The molecule has 2 nitrogen and oxygen atoms in total. The molecule has 0 amide bonds. The van der Waals surface area contributed by atoms with E-state index in [2.05, 4.69) is 139 Å². The lowest BCUT2D eigenvalue weighted by atomic mass is 9.56. The minimum absolute atomic E-state index is 0.0338. The Labute approximate surface area is 311 Å². The monoisotopic (exact) mass is 696 g/mol. The summed E-state index contributed by atoms with van der Waals surface area (Å²) >= 11 is 1.97. The summed E-state index contributed by atoms with van der Waals surface area (Å²) in [6, 6.07) is 18.6. The van der Waals surface area contributed by atoms with Crippen molar-refractivity contribution >= 4 is 55.6 Å².